The second-order valence-corrected chi connectivity index (χ2v) is 4.48. The summed E-state index contributed by atoms with van der Waals surface area (Å²) in [6.07, 6.45) is 0. The number of carboxylic acid groups (broad SMARTS) is 1. The van der Waals surface area contributed by atoms with Gasteiger partial charge in [-0.25, -0.2) is 4.79 Å². The Bertz CT molecular complexity index is 313. The number of rotatable bonds is 1. The molecule has 4 heteroatoms. The molecule has 0 heterocycles. The number of carboxylic acids is 1. The van der Waals surface area contributed by atoms with Crippen molar-refractivity contribution in [2.75, 3.05) is 0 Å². The molecule has 0 amide bonds. The van der Waals surface area contributed by atoms with Crippen molar-refractivity contribution in [2.24, 2.45) is 0 Å². The van der Waals surface area contributed by atoms with E-state index < -0.39 is 5.97 Å². The Labute approximate surface area is 92.2 Å². The van der Waals surface area contributed by atoms with E-state index >= 15 is 0 Å². The van der Waals surface area contributed by atoms with Gasteiger partial charge in [-0.3, -0.25) is 0 Å². The first kappa shape index (κ1) is 9.98. The maximum Gasteiger partial charge on any atom is 0.337 e. The van der Waals surface area contributed by atoms with Crippen LogP contribution in [0.25, 0.3) is 0 Å². The highest BCUT2D eigenvalue weighted by Gasteiger charge is 2.11. The highest BCUT2D eigenvalue weighted by Crippen LogP contribution is 2.23. The number of carbonyl (C=O) groups is 1. The van der Waals surface area contributed by atoms with Crippen LogP contribution in [-0.2, 0) is 0 Å². The molecular weight excluding hydrogens is 335 g/mol. The molecule has 0 saturated heterocycles. The van der Waals surface area contributed by atoms with Crippen LogP contribution in [0.4, 0.5) is 0 Å². The molecule has 0 saturated carbocycles. The largest absolute Gasteiger partial charge is 0.478 e. The van der Waals surface area contributed by atoms with Crippen molar-refractivity contribution in [1.29, 1.82) is 0 Å². The summed E-state index contributed by atoms with van der Waals surface area (Å²) in [5, 5.41) is 8.80. The highest BCUT2D eigenvalue weighted by molar-refractivity contribution is 14.1. The van der Waals surface area contributed by atoms with Crippen molar-refractivity contribution < 1.29 is 9.90 Å². The molecule has 0 bridgehead atoms. The molecule has 0 radical (unpaired) electrons. The van der Waals surface area contributed by atoms with Gasteiger partial charge in [0.25, 0.3) is 0 Å². The molecule has 0 unspecified atom stereocenters. The summed E-state index contributed by atoms with van der Waals surface area (Å²) in [7, 11) is 0. The lowest BCUT2D eigenvalue weighted by molar-refractivity contribution is 0.0695. The second-order valence-electron chi connectivity index (χ2n) is 2.38. The van der Waals surface area contributed by atoms with E-state index in [0.717, 1.165) is 9.13 Å². The fourth-order valence-electron chi connectivity index (χ4n) is 0.973. The van der Waals surface area contributed by atoms with Gasteiger partial charge in [-0.1, -0.05) is 0 Å². The van der Waals surface area contributed by atoms with Crippen molar-refractivity contribution in [3.63, 3.8) is 0 Å². The molecule has 1 aromatic rings. The third-order valence-electron chi connectivity index (χ3n) is 1.47. The third kappa shape index (κ3) is 1.98. The van der Waals surface area contributed by atoms with E-state index in [1.165, 1.54) is 0 Å². The third-order valence-corrected chi connectivity index (χ3v) is 2.71. The number of benzene rings is 1. The summed E-state index contributed by atoms with van der Waals surface area (Å²) in [5.74, 6) is -0.893. The van der Waals surface area contributed by atoms with Crippen molar-refractivity contribution in [2.45, 2.75) is 6.92 Å². The average Bonchev–Trinajstić information content (AvgIpc) is 1.82. The maximum atomic E-state index is 10.7. The minimum absolute atomic E-state index is 0.343. The molecule has 2 nitrogen and oxygen atoms in total. The summed E-state index contributed by atoms with van der Waals surface area (Å²) in [6.45, 7) is 1.79. The molecule has 0 fully saturated rings. The smallest absolute Gasteiger partial charge is 0.337 e. The molecule has 64 valence electrons. The Balaban J connectivity index is 3.38. The Morgan fingerprint density at radius 2 is 2.17 bits per heavy atom. The topological polar surface area (TPSA) is 37.3 Å². The van der Waals surface area contributed by atoms with Gasteiger partial charge in [0.05, 0.1) is 5.56 Å². The Kier molecular flexibility index (Phi) is 3.11. The maximum absolute atomic E-state index is 10.7. The lowest BCUT2D eigenvalue weighted by Gasteiger charge is -2.03. The molecule has 0 aliphatic heterocycles. The molecule has 0 spiro atoms. The molecule has 0 atom stereocenters. The Hall–Kier alpha value is -0.100. The number of aryl methyl sites for hydroxylation is 1. The van der Waals surface area contributed by atoms with Crippen LogP contribution in [0.2, 0.25) is 0 Å². The van der Waals surface area contributed by atoms with Crippen molar-refractivity contribution >= 4 is 44.5 Å². The fourth-order valence-corrected chi connectivity index (χ4v) is 2.91. The van der Waals surface area contributed by atoms with E-state index in [-0.39, 0.29) is 0 Å². The normalized spacial score (nSPS) is 9.92. The molecule has 1 rings (SSSR count). The predicted octanol–water partition coefficient (Wildman–Crippen LogP) is 3.06. The molecule has 1 N–H and O–H groups in total. The Morgan fingerprint density at radius 1 is 1.58 bits per heavy atom. The van der Waals surface area contributed by atoms with Gasteiger partial charge in [-0.15, -0.1) is 0 Å². The van der Waals surface area contributed by atoms with Gasteiger partial charge in [0.2, 0.25) is 0 Å². The first-order valence-corrected chi connectivity index (χ1v) is 5.08. The van der Waals surface area contributed by atoms with Crippen LogP contribution in [0.3, 0.4) is 0 Å². The van der Waals surface area contributed by atoms with Crippen LogP contribution in [0, 0.1) is 10.5 Å². The lowest BCUT2D eigenvalue weighted by atomic mass is 10.1. The predicted molar refractivity (Wildman–Crippen MR) is 58.6 cm³/mol. The zero-order chi connectivity index (χ0) is 9.30. The summed E-state index contributed by atoms with van der Waals surface area (Å²) >= 11 is 5.36. The quantitative estimate of drug-likeness (QED) is 0.798. The van der Waals surface area contributed by atoms with Gasteiger partial charge in [-0.2, -0.15) is 0 Å². The van der Waals surface area contributed by atoms with E-state index in [2.05, 4.69) is 38.5 Å². The van der Waals surface area contributed by atoms with Crippen molar-refractivity contribution in [3.8, 4) is 0 Å². The summed E-state index contributed by atoms with van der Waals surface area (Å²) < 4.78 is 1.67. The molecule has 0 aliphatic carbocycles. The van der Waals surface area contributed by atoms with Crippen LogP contribution in [0.1, 0.15) is 15.9 Å². The number of halogens is 2. The standard InChI is InChI=1S/C8H6BrIO2/c1-4-2-5(10)3-6(9)7(4)8(11)12/h2-3H,1H3,(H,11,12). The minimum atomic E-state index is -0.893. The van der Waals surface area contributed by atoms with Gasteiger partial charge in [-0.05, 0) is 63.1 Å². The first-order valence-electron chi connectivity index (χ1n) is 3.21. The zero-order valence-corrected chi connectivity index (χ0v) is 10.0. The van der Waals surface area contributed by atoms with E-state index in [9.17, 15) is 4.79 Å². The SMILES string of the molecule is Cc1cc(I)cc(Br)c1C(=O)O. The van der Waals surface area contributed by atoms with Crippen LogP contribution in [0.5, 0.6) is 0 Å². The van der Waals surface area contributed by atoms with Gasteiger partial charge in [0, 0.05) is 8.04 Å². The van der Waals surface area contributed by atoms with Crippen LogP contribution in [0.15, 0.2) is 16.6 Å². The van der Waals surface area contributed by atoms with Crippen molar-refractivity contribution in [1.82, 2.24) is 0 Å². The molecule has 1 aromatic carbocycles. The van der Waals surface area contributed by atoms with Gasteiger partial charge in [0.15, 0.2) is 0 Å². The van der Waals surface area contributed by atoms with Gasteiger partial charge in [0.1, 0.15) is 0 Å². The summed E-state index contributed by atoms with van der Waals surface area (Å²) in [6, 6.07) is 3.63. The van der Waals surface area contributed by atoms with E-state index in [4.69, 9.17) is 5.11 Å². The average molecular weight is 341 g/mol. The minimum Gasteiger partial charge on any atom is -0.478 e. The molecule has 12 heavy (non-hydrogen) atoms. The van der Waals surface area contributed by atoms with Gasteiger partial charge < -0.3 is 5.11 Å². The second kappa shape index (κ2) is 3.74. The lowest BCUT2D eigenvalue weighted by Crippen LogP contribution is -2.01. The molecular formula is C8H6BrIO2. The monoisotopic (exact) mass is 340 g/mol. The number of hydrogen-bond acceptors (Lipinski definition) is 1. The summed E-state index contributed by atoms with van der Waals surface area (Å²) in [4.78, 5) is 10.7. The number of aromatic carboxylic acids is 1. The van der Waals surface area contributed by atoms with E-state index in [0.29, 0.717) is 10.0 Å². The van der Waals surface area contributed by atoms with Crippen LogP contribution >= 0.6 is 38.5 Å². The fraction of sp³-hybridized carbons (Fsp3) is 0.125. The van der Waals surface area contributed by atoms with Crippen LogP contribution in [-0.4, -0.2) is 11.1 Å². The van der Waals surface area contributed by atoms with Gasteiger partial charge >= 0.3 is 5.97 Å². The summed E-state index contributed by atoms with van der Waals surface area (Å²) in [5.41, 5.74) is 1.12. The van der Waals surface area contributed by atoms with E-state index in [1.807, 2.05) is 6.07 Å². The van der Waals surface area contributed by atoms with E-state index in [1.54, 1.807) is 13.0 Å². The first-order chi connectivity index (χ1) is 5.52. The number of hydrogen-bond donors (Lipinski definition) is 1. The zero-order valence-electron chi connectivity index (χ0n) is 6.27. The molecule has 0 aromatic heterocycles. The van der Waals surface area contributed by atoms with Crippen LogP contribution < -0.4 is 0 Å². The highest BCUT2D eigenvalue weighted by atomic mass is 127. The Morgan fingerprint density at radius 3 is 2.58 bits per heavy atom. The molecule has 0 aliphatic rings. The van der Waals surface area contributed by atoms with Crippen molar-refractivity contribution in [3.05, 3.63) is 31.3 Å².